The molecule has 0 saturated carbocycles. The molecule has 3 rings (SSSR count). The average Bonchev–Trinajstić information content (AvgIpc) is 3.03. The Morgan fingerprint density at radius 2 is 1.80 bits per heavy atom. The molecule has 0 bridgehead atoms. The molecule has 1 N–H and O–H groups in total. The summed E-state index contributed by atoms with van der Waals surface area (Å²) >= 11 is 0. The highest BCUT2D eigenvalue weighted by Gasteiger charge is 2.35. The fraction of sp³-hybridized carbons (Fsp3) is 0.467. The Kier molecular flexibility index (Phi) is 4.74. The highest BCUT2D eigenvalue weighted by Crippen LogP contribution is 2.20. The molecule has 2 amide bonds. The largest absolute Gasteiger partial charge is 0.344 e. The molecule has 1 aromatic carbocycles. The van der Waals surface area contributed by atoms with E-state index in [4.69, 9.17) is 0 Å². The van der Waals surface area contributed by atoms with E-state index < -0.39 is 27.7 Å². The van der Waals surface area contributed by atoms with Gasteiger partial charge >= 0.3 is 0 Å². The molecule has 2 saturated heterocycles. The first-order chi connectivity index (χ1) is 11.8. The minimum Gasteiger partial charge on any atom is -0.344 e. The third-order valence-corrected chi connectivity index (χ3v) is 6.27. The van der Waals surface area contributed by atoms with Crippen molar-refractivity contribution in [3.8, 4) is 0 Å². The normalized spacial score (nSPS) is 22.1. The number of sulfonamides is 1. The summed E-state index contributed by atoms with van der Waals surface area (Å²) in [4.78, 5) is 24.7. The zero-order valence-corrected chi connectivity index (χ0v) is 14.1. The smallest absolute Gasteiger partial charge is 0.245 e. The van der Waals surface area contributed by atoms with Gasteiger partial charge in [-0.2, -0.15) is 4.31 Å². The number of nitrogens with one attached hydrogen (secondary N) is 1. The van der Waals surface area contributed by atoms with Crippen LogP contribution in [0.4, 0.5) is 8.78 Å². The molecule has 1 atom stereocenters. The fourth-order valence-electron chi connectivity index (χ4n) is 2.95. The van der Waals surface area contributed by atoms with E-state index in [-0.39, 0.29) is 42.9 Å². The predicted octanol–water partition coefficient (Wildman–Crippen LogP) is 0.0763. The fourth-order valence-corrected chi connectivity index (χ4v) is 4.39. The lowest BCUT2D eigenvalue weighted by molar-refractivity contribution is -0.135. The average molecular weight is 373 g/mol. The lowest BCUT2D eigenvalue weighted by Gasteiger charge is -2.35. The van der Waals surface area contributed by atoms with Crippen LogP contribution in [0.3, 0.4) is 0 Å². The van der Waals surface area contributed by atoms with Gasteiger partial charge in [0.15, 0.2) is 11.6 Å². The maximum atomic E-state index is 13.3. The molecule has 2 aliphatic rings. The second kappa shape index (κ2) is 6.68. The Morgan fingerprint density at radius 3 is 2.36 bits per heavy atom. The van der Waals surface area contributed by atoms with Gasteiger partial charge in [0.1, 0.15) is 6.04 Å². The number of hydrogen-bond donors (Lipinski definition) is 1. The molecule has 0 aliphatic carbocycles. The summed E-state index contributed by atoms with van der Waals surface area (Å²) in [6, 6.07) is 1.88. The van der Waals surface area contributed by atoms with Gasteiger partial charge in [-0.3, -0.25) is 9.59 Å². The molecule has 0 aromatic heterocycles. The zero-order valence-electron chi connectivity index (χ0n) is 13.2. The van der Waals surface area contributed by atoms with Crippen LogP contribution >= 0.6 is 0 Å². The van der Waals surface area contributed by atoms with E-state index in [9.17, 15) is 26.8 Å². The Morgan fingerprint density at radius 1 is 1.12 bits per heavy atom. The topological polar surface area (TPSA) is 86.8 Å². The minimum atomic E-state index is -3.96. The van der Waals surface area contributed by atoms with Crippen molar-refractivity contribution in [1.82, 2.24) is 14.5 Å². The molecule has 7 nitrogen and oxygen atoms in total. The van der Waals surface area contributed by atoms with Gasteiger partial charge in [0.25, 0.3) is 0 Å². The summed E-state index contributed by atoms with van der Waals surface area (Å²) in [7, 11) is -3.96. The SMILES string of the molecule is O=C1CCC(C(=O)N2CCN(S(=O)(=O)c3ccc(F)c(F)c3)CC2)N1. The Labute approximate surface area is 143 Å². The van der Waals surface area contributed by atoms with Crippen molar-refractivity contribution in [2.75, 3.05) is 26.2 Å². The number of benzene rings is 1. The number of piperazine rings is 1. The molecule has 2 aliphatic heterocycles. The van der Waals surface area contributed by atoms with Crippen LogP contribution in [0.5, 0.6) is 0 Å². The zero-order chi connectivity index (χ0) is 18.2. The van der Waals surface area contributed by atoms with E-state index in [0.717, 1.165) is 16.4 Å². The Bertz CT molecular complexity index is 807. The number of nitrogens with zero attached hydrogens (tertiary/aromatic N) is 2. The Hall–Kier alpha value is -2.07. The lowest BCUT2D eigenvalue weighted by Crippen LogP contribution is -2.54. The van der Waals surface area contributed by atoms with Gasteiger partial charge in [-0.05, 0) is 24.6 Å². The Balaban J connectivity index is 1.66. The molecule has 0 spiro atoms. The standard InChI is InChI=1S/C15H17F2N3O4S/c16-11-2-1-10(9-12(11)17)25(23,24)20-7-5-19(6-8-20)15(22)13-3-4-14(21)18-13/h1-2,9,13H,3-8H2,(H,18,21). The van der Waals surface area contributed by atoms with Crippen LogP contribution in [-0.2, 0) is 19.6 Å². The third-order valence-electron chi connectivity index (χ3n) is 4.37. The first-order valence-corrected chi connectivity index (χ1v) is 9.26. The summed E-state index contributed by atoms with van der Waals surface area (Å²) in [5.41, 5.74) is 0. The molecule has 1 unspecified atom stereocenters. The molecule has 10 heteroatoms. The number of rotatable bonds is 3. The molecule has 2 heterocycles. The monoisotopic (exact) mass is 373 g/mol. The van der Waals surface area contributed by atoms with Crippen LogP contribution in [-0.4, -0.2) is 61.7 Å². The van der Waals surface area contributed by atoms with Crippen LogP contribution in [0, 0.1) is 11.6 Å². The van der Waals surface area contributed by atoms with Crippen LogP contribution in [0.1, 0.15) is 12.8 Å². The predicted molar refractivity (Wildman–Crippen MR) is 82.9 cm³/mol. The number of carbonyl (C=O) groups is 2. The van der Waals surface area contributed by atoms with Crippen LogP contribution in [0.25, 0.3) is 0 Å². The molecular weight excluding hydrogens is 356 g/mol. The van der Waals surface area contributed by atoms with Crippen molar-refractivity contribution in [2.45, 2.75) is 23.8 Å². The van der Waals surface area contributed by atoms with E-state index in [2.05, 4.69) is 5.32 Å². The third kappa shape index (κ3) is 3.49. The van der Waals surface area contributed by atoms with Crippen molar-refractivity contribution in [3.63, 3.8) is 0 Å². The van der Waals surface area contributed by atoms with Gasteiger partial charge in [-0.15, -0.1) is 0 Å². The van der Waals surface area contributed by atoms with E-state index in [1.165, 1.54) is 4.90 Å². The van der Waals surface area contributed by atoms with E-state index in [1.807, 2.05) is 0 Å². The number of amides is 2. The van der Waals surface area contributed by atoms with Crippen molar-refractivity contribution in [1.29, 1.82) is 0 Å². The van der Waals surface area contributed by atoms with Crippen molar-refractivity contribution in [3.05, 3.63) is 29.8 Å². The van der Waals surface area contributed by atoms with Crippen molar-refractivity contribution in [2.24, 2.45) is 0 Å². The first kappa shape index (κ1) is 17.7. The minimum absolute atomic E-state index is 0.0493. The number of halogens is 2. The molecule has 0 radical (unpaired) electrons. The summed E-state index contributed by atoms with van der Waals surface area (Å²) in [5.74, 6) is -2.74. The van der Waals surface area contributed by atoms with Gasteiger partial charge < -0.3 is 10.2 Å². The summed E-state index contributed by atoms with van der Waals surface area (Å²) in [6.45, 7) is 0.448. The number of carbonyl (C=O) groups excluding carboxylic acids is 2. The van der Waals surface area contributed by atoms with Gasteiger partial charge in [0.2, 0.25) is 21.8 Å². The highest BCUT2D eigenvalue weighted by molar-refractivity contribution is 7.89. The summed E-state index contributed by atoms with van der Waals surface area (Å²) < 4.78 is 52.4. The second-order valence-corrected chi connectivity index (χ2v) is 7.90. The highest BCUT2D eigenvalue weighted by atomic mass is 32.2. The molecule has 1 aromatic rings. The van der Waals surface area contributed by atoms with Gasteiger partial charge in [0, 0.05) is 32.6 Å². The lowest BCUT2D eigenvalue weighted by atomic mass is 10.2. The van der Waals surface area contributed by atoms with Gasteiger partial charge in [0.05, 0.1) is 4.90 Å². The second-order valence-electron chi connectivity index (χ2n) is 5.96. The van der Waals surface area contributed by atoms with E-state index in [0.29, 0.717) is 18.9 Å². The maximum absolute atomic E-state index is 13.3. The van der Waals surface area contributed by atoms with Crippen molar-refractivity contribution < 1.29 is 26.8 Å². The molecule has 136 valence electrons. The van der Waals surface area contributed by atoms with Gasteiger partial charge in [-0.1, -0.05) is 0 Å². The van der Waals surface area contributed by atoms with E-state index >= 15 is 0 Å². The molecule has 25 heavy (non-hydrogen) atoms. The molecular formula is C15H17F2N3O4S. The summed E-state index contributed by atoms with van der Waals surface area (Å²) in [5, 5.41) is 2.59. The maximum Gasteiger partial charge on any atom is 0.245 e. The van der Waals surface area contributed by atoms with Crippen LogP contribution in [0.2, 0.25) is 0 Å². The van der Waals surface area contributed by atoms with E-state index in [1.54, 1.807) is 0 Å². The summed E-state index contributed by atoms with van der Waals surface area (Å²) in [6.07, 6.45) is 0.742. The van der Waals surface area contributed by atoms with Crippen molar-refractivity contribution >= 4 is 21.8 Å². The van der Waals surface area contributed by atoms with Gasteiger partial charge in [-0.25, -0.2) is 17.2 Å². The quantitative estimate of drug-likeness (QED) is 0.813. The number of hydrogen-bond acceptors (Lipinski definition) is 4. The molecule has 2 fully saturated rings. The first-order valence-electron chi connectivity index (χ1n) is 7.82. The van der Waals surface area contributed by atoms with Crippen LogP contribution in [0.15, 0.2) is 23.1 Å². The van der Waals surface area contributed by atoms with Crippen LogP contribution < -0.4 is 5.32 Å².